The third kappa shape index (κ3) is 3.83. The fourth-order valence-electron chi connectivity index (χ4n) is 0.129. The van der Waals surface area contributed by atoms with Gasteiger partial charge in [0.1, 0.15) is 0 Å². The van der Waals surface area contributed by atoms with Crippen LogP contribution < -0.4 is 0 Å². The third-order valence-corrected chi connectivity index (χ3v) is 0.767. The molecule has 1 radical (unpaired) electrons. The summed E-state index contributed by atoms with van der Waals surface area (Å²) in [4.78, 5) is 8.41. The van der Waals surface area contributed by atoms with Crippen LogP contribution in [0.2, 0.25) is 0 Å². The summed E-state index contributed by atoms with van der Waals surface area (Å²) in [6, 6.07) is 0. The summed E-state index contributed by atoms with van der Waals surface area (Å²) < 4.78 is 0. The fourth-order valence-corrected chi connectivity index (χ4v) is 0.129. The van der Waals surface area contributed by atoms with E-state index in [-0.39, 0.29) is 36.0 Å². The molecule has 2 N–H and O–H groups in total. The number of nitrogens with zero attached hydrogens (tertiary/aromatic N) is 1. The van der Waals surface area contributed by atoms with Gasteiger partial charge in [-0.15, -0.1) is 0 Å². The van der Waals surface area contributed by atoms with Gasteiger partial charge in [-0.05, 0) is 0 Å². The normalized spacial score (nSPS) is 10.1. The molecule has 0 aromatic carbocycles. The summed E-state index contributed by atoms with van der Waals surface area (Å²) in [6.45, 7) is 1.31. The molecule has 0 heterocycles. The van der Waals surface area contributed by atoms with Gasteiger partial charge in [-0.3, -0.25) is 10.1 Å². The Hall–Kier alpha value is 0.320. The number of hydrogen-bond acceptors (Lipinski definition) is 4. The second-order valence-electron chi connectivity index (χ2n) is 1.39. The first kappa shape index (κ1) is 12.0. The molecule has 0 aromatic heterocycles. The predicted octanol–water partition coefficient (Wildman–Crippen LogP) is -1.07. The van der Waals surface area contributed by atoms with Gasteiger partial charge in [0.05, 0.1) is 11.3 Å². The zero-order valence-electron chi connectivity index (χ0n) is 5.37. The van der Waals surface area contributed by atoms with Gasteiger partial charge >= 0.3 is 5.91 Å². The Bertz CT molecular complexity index is 104. The van der Waals surface area contributed by atoms with Crippen molar-refractivity contribution >= 4 is 29.6 Å². The Morgan fingerprint density at radius 1 is 1.67 bits per heavy atom. The SMILES string of the molecule is CCC(O)(O)[N+](=O)[O-].[Na]. The molecule has 0 amide bonds. The average molecular weight is 144 g/mol. The molecule has 9 heavy (non-hydrogen) atoms. The van der Waals surface area contributed by atoms with E-state index in [0.29, 0.717) is 0 Å². The van der Waals surface area contributed by atoms with Crippen molar-refractivity contribution in [3.8, 4) is 0 Å². The minimum atomic E-state index is -2.74. The Morgan fingerprint density at radius 2 is 2.00 bits per heavy atom. The molecule has 0 fully saturated rings. The maximum atomic E-state index is 9.56. The van der Waals surface area contributed by atoms with Gasteiger partial charge in [-0.2, -0.15) is 0 Å². The van der Waals surface area contributed by atoms with Crippen molar-refractivity contribution in [1.29, 1.82) is 0 Å². The average Bonchev–Trinajstić information content (AvgIpc) is 1.67. The summed E-state index contributed by atoms with van der Waals surface area (Å²) in [7, 11) is 0. The van der Waals surface area contributed by atoms with Crippen LogP contribution in [0.5, 0.6) is 0 Å². The van der Waals surface area contributed by atoms with E-state index in [1.165, 1.54) is 6.92 Å². The van der Waals surface area contributed by atoms with Crippen LogP contribution in [-0.2, 0) is 0 Å². The van der Waals surface area contributed by atoms with Gasteiger partial charge in [0.15, 0.2) is 0 Å². The molecule has 5 nitrogen and oxygen atoms in total. The number of nitro groups is 1. The molecule has 0 aliphatic heterocycles. The first-order chi connectivity index (χ1) is 3.50. The molecular formula is C3H7NNaO4. The first-order valence-electron chi connectivity index (χ1n) is 2.10. The van der Waals surface area contributed by atoms with Crippen molar-refractivity contribution in [3.63, 3.8) is 0 Å². The zero-order chi connectivity index (χ0) is 6.78. The van der Waals surface area contributed by atoms with Gasteiger partial charge in [0.2, 0.25) is 0 Å². The quantitative estimate of drug-likeness (QED) is 0.224. The molecule has 6 heteroatoms. The molecule has 0 aliphatic carbocycles. The molecule has 0 bridgehead atoms. The van der Waals surface area contributed by atoms with Gasteiger partial charge < -0.3 is 10.2 Å². The topological polar surface area (TPSA) is 83.6 Å². The smallest absolute Gasteiger partial charge is 0.307 e. The van der Waals surface area contributed by atoms with Crippen molar-refractivity contribution in [2.45, 2.75) is 19.3 Å². The van der Waals surface area contributed by atoms with E-state index in [1.807, 2.05) is 0 Å². The second kappa shape index (κ2) is 4.19. The molecule has 0 rings (SSSR count). The summed E-state index contributed by atoms with van der Waals surface area (Å²) in [5.41, 5.74) is 0. The van der Waals surface area contributed by atoms with Gasteiger partial charge in [0.25, 0.3) is 0 Å². The molecular weight excluding hydrogens is 137 g/mol. The van der Waals surface area contributed by atoms with Crippen molar-refractivity contribution in [2.75, 3.05) is 0 Å². The molecule has 0 saturated heterocycles. The summed E-state index contributed by atoms with van der Waals surface area (Å²) in [6.07, 6.45) is -0.306. The van der Waals surface area contributed by atoms with E-state index in [9.17, 15) is 10.1 Å². The van der Waals surface area contributed by atoms with Crippen LogP contribution in [-0.4, -0.2) is 50.6 Å². The molecule has 0 saturated carbocycles. The van der Waals surface area contributed by atoms with Crippen LogP contribution in [0, 0.1) is 10.1 Å². The van der Waals surface area contributed by atoms with Gasteiger partial charge in [-0.1, -0.05) is 6.92 Å². The molecule has 0 aromatic rings. The number of hydrogen-bond donors (Lipinski definition) is 2. The number of aliphatic hydroxyl groups is 2. The standard InChI is InChI=1S/C3H7NO4.Na/c1-2-3(5,6)4(7)8;/h5-6H,2H2,1H3;. The minimum absolute atomic E-state index is 0. The Morgan fingerprint density at radius 3 is 2.00 bits per heavy atom. The van der Waals surface area contributed by atoms with E-state index in [0.717, 1.165) is 0 Å². The van der Waals surface area contributed by atoms with Crippen LogP contribution in [0.1, 0.15) is 13.3 Å². The van der Waals surface area contributed by atoms with Crippen LogP contribution in [0.15, 0.2) is 0 Å². The van der Waals surface area contributed by atoms with Crippen LogP contribution in [0.25, 0.3) is 0 Å². The van der Waals surface area contributed by atoms with Crippen molar-refractivity contribution < 1.29 is 15.1 Å². The fraction of sp³-hybridized carbons (Fsp3) is 1.00. The summed E-state index contributed by atoms with van der Waals surface area (Å²) in [5, 5.41) is 26.1. The van der Waals surface area contributed by atoms with Crippen molar-refractivity contribution in [3.05, 3.63) is 10.1 Å². The van der Waals surface area contributed by atoms with Crippen LogP contribution in [0.4, 0.5) is 0 Å². The second-order valence-corrected chi connectivity index (χ2v) is 1.39. The Labute approximate surface area is 74.1 Å². The van der Waals surface area contributed by atoms with E-state index < -0.39 is 10.8 Å². The molecule has 49 valence electrons. The van der Waals surface area contributed by atoms with Crippen molar-refractivity contribution in [2.24, 2.45) is 0 Å². The summed E-state index contributed by atoms with van der Waals surface area (Å²) >= 11 is 0. The molecule has 0 spiro atoms. The van der Waals surface area contributed by atoms with Crippen LogP contribution in [0.3, 0.4) is 0 Å². The number of rotatable bonds is 2. The third-order valence-electron chi connectivity index (χ3n) is 0.767. The Balaban J connectivity index is 0. The molecule has 0 unspecified atom stereocenters. The van der Waals surface area contributed by atoms with E-state index in [4.69, 9.17) is 10.2 Å². The maximum absolute atomic E-state index is 9.56. The van der Waals surface area contributed by atoms with Gasteiger partial charge in [0, 0.05) is 29.6 Å². The van der Waals surface area contributed by atoms with E-state index >= 15 is 0 Å². The van der Waals surface area contributed by atoms with E-state index in [1.54, 1.807) is 0 Å². The molecule has 0 aliphatic rings. The van der Waals surface area contributed by atoms with E-state index in [2.05, 4.69) is 0 Å². The maximum Gasteiger partial charge on any atom is 0.436 e. The molecule has 0 atom stereocenters. The first-order valence-corrected chi connectivity index (χ1v) is 2.10. The summed E-state index contributed by atoms with van der Waals surface area (Å²) in [5.74, 6) is -2.74. The zero-order valence-corrected chi connectivity index (χ0v) is 7.37. The van der Waals surface area contributed by atoms with Crippen LogP contribution >= 0.6 is 0 Å². The van der Waals surface area contributed by atoms with Crippen molar-refractivity contribution in [1.82, 2.24) is 0 Å². The van der Waals surface area contributed by atoms with Gasteiger partial charge in [-0.25, -0.2) is 0 Å². The largest absolute Gasteiger partial charge is 0.436 e. The predicted molar refractivity (Wildman–Crippen MR) is 30.2 cm³/mol. The minimum Gasteiger partial charge on any atom is -0.307 e. The Kier molecular flexibility index (Phi) is 5.60. The monoisotopic (exact) mass is 144 g/mol.